The van der Waals surface area contributed by atoms with E-state index in [1.807, 2.05) is 0 Å². The third-order valence-corrected chi connectivity index (χ3v) is 5.05. The van der Waals surface area contributed by atoms with Crippen molar-refractivity contribution in [2.24, 2.45) is 0 Å². The Morgan fingerprint density at radius 3 is 2.48 bits per heavy atom. The quantitative estimate of drug-likeness (QED) is 0.620. The largest absolute Gasteiger partial charge is 0.325 e. The second kappa shape index (κ2) is 7.36. The van der Waals surface area contributed by atoms with Gasteiger partial charge >= 0.3 is 0 Å². The van der Waals surface area contributed by atoms with E-state index in [1.165, 1.54) is 25.2 Å². The number of benzene rings is 2. The Balaban J connectivity index is 2.08. The van der Waals surface area contributed by atoms with Crippen molar-refractivity contribution in [1.82, 2.24) is 4.31 Å². The summed E-state index contributed by atoms with van der Waals surface area (Å²) in [6.45, 7) is -0.512. The number of sulfonamides is 1. The van der Waals surface area contributed by atoms with E-state index in [2.05, 4.69) is 5.32 Å². The van der Waals surface area contributed by atoms with Crippen LogP contribution >= 0.6 is 0 Å². The summed E-state index contributed by atoms with van der Waals surface area (Å²) in [4.78, 5) is 21.9. The number of likely N-dealkylation sites (N-methyl/N-ethyl adjacent to an activating group) is 1. The Morgan fingerprint density at radius 1 is 1.24 bits per heavy atom. The van der Waals surface area contributed by atoms with Crippen LogP contribution in [0.25, 0.3) is 0 Å². The van der Waals surface area contributed by atoms with Crippen LogP contribution in [0.15, 0.2) is 53.4 Å². The Kier molecular flexibility index (Phi) is 5.45. The maximum Gasteiger partial charge on any atom is 0.271 e. The van der Waals surface area contributed by atoms with Crippen LogP contribution in [0.3, 0.4) is 0 Å². The van der Waals surface area contributed by atoms with Crippen LogP contribution in [0.2, 0.25) is 0 Å². The van der Waals surface area contributed by atoms with Crippen molar-refractivity contribution in [3.05, 3.63) is 64.5 Å². The number of rotatable bonds is 6. The zero-order valence-electron chi connectivity index (χ0n) is 13.0. The van der Waals surface area contributed by atoms with Crippen LogP contribution in [-0.4, -0.2) is 37.1 Å². The summed E-state index contributed by atoms with van der Waals surface area (Å²) >= 11 is 0. The van der Waals surface area contributed by atoms with Crippen molar-refractivity contribution in [1.29, 1.82) is 0 Å². The standard InChI is InChI=1S/C15H14FN3O5S/c1-18(25(23,24)14-7-5-11(16)6-8-14)10-15(20)17-12-3-2-4-13(9-12)19(21)22/h2-9H,10H2,1H3,(H,17,20). The monoisotopic (exact) mass is 367 g/mol. The van der Waals surface area contributed by atoms with E-state index >= 15 is 0 Å². The minimum Gasteiger partial charge on any atom is -0.325 e. The lowest BCUT2D eigenvalue weighted by atomic mass is 10.3. The molecule has 0 radical (unpaired) electrons. The van der Waals surface area contributed by atoms with Crippen LogP contribution in [0, 0.1) is 15.9 Å². The second-order valence-corrected chi connectivity index (χ2v) is 7.12. The highest BCUT2D eigenvalue weighted by Gasteiger charge is 2.23. The van der Waals surface area contributed by atoms with Gasteiger partial charge in [-0.3, -0.25) is 14.9 Å². The molecule has 0 aliphatic carbocycles. The molecule has 0 bridgehead atoms. The average Bonchev–Trinajstić information content (AvgIpc) is 2.55. The number of hydrogen-bond acceptors (Lipinski definition) is 5. The zero-order chi connectivity index (χ0) is 18.6. The molecule has 10 heteroatoms. The van der Waals surface area contributed by atoms with Gasteiger partial charge in [-0.15, -0.1) is 0 Å². The van der Waals surface area contributed by atoms with Gasteiger partial charge in [-0.2, -0.15) is 4.31 Å². The number of nitro benzene ring substituents is 1. The van der Waals surface area contributed by atoms with Crippen molar-refractivity contribution in [3.63, 3.8) is 0 Å². The molecular formula is C15H14FN3O5S. The first kappa shape index (κ1) is 18.5. The van der Waals surface area contributed by atoms with Gasteiger partial charge in [0.25, 0.3) is 5.69 Å². The first-order valence-corrected chi connectivity index (χ1v) is 8.40. The van der Waals surface area contributed by atoms with Gasteiger partial charge in [0.1, 0.15) is 5.82 Å². The Labute approximate surface area is 143 Å². The van der Waals surface area contributed by atoms with Crippen LogP contribution < -0.4 is 5.32 Å². The second-order valence-electron chi connectivity index (χ2n) is 5.07. The highest BCUT2D eigenvalue weighted by molar-refractivity contribution is 7.89. The number of nitrogens with zero attached hydrogens (tertiary/aromatic N) is 2. The van der Waals surface area contributed by atoms with E-state index in [4.69, 9.17) is 0 Å². The minimum atomic E-state index is -3.97. The molecule has 0 saturated carbocycles. The molecule has 1 amide bonds. The highest BCUT2D eigenvalue weighted by atomic mass is 32.2. The number of hydrogen-bond donors (Lipinski definition) is 1. The van der Waals surface area contributed by atoms with Crippen LogP contribution in [0.1, 0.15) is 0 Å². The van der Waals surface area contributed by atoms with Crippen molar-refractivity contribution in [2.45, 2.75) is 4.90 Å². The van der Waals surface area contributed by atoms with Gasteiger partial charge < -0.3 is 5.32 Å². The third-order valence-electron chi connectivity index (χ3n) is 3.23. The van der Waals surface area contributed by atoms with E-state index in [9.17, 15) is 27.7 Å². The van der Waals surface area contributed by atoms with Gasteiger partial charge in [0, 0.05) is 24.9 Å². The maximum absolute atomic E-state index is 12.9. The Bertz CT molecular complexity index is 900. The van der Waals surface area contributed by atoms with E-state index < -0.39 is 33.2 Å². The number of anilines is 1. The summed E-state index contributed by atoms with van der Waals surface area (Å²) in [5, 5.41) is 13.1. The summed E-state index contributed by atoms with van der Waals surface area (Å²) in [6.07, 6.45) is 0. The fourth-order valence-corrected chi connectivity index (χ4v) is 3.10. The molecule has 25 heavy (non-hydrogen) atoms. The average molecular weight is 367 g/mol. The molecule has 0 aliphatic rings. The van der Waals surface area contributed by atoms with Crippen molar-refractivity contribution in [3.8, 4) is 0 Å². The molecule has 0 spiro atoms. The van der Waals surface area contributed by atoms with Crippen LogP contribution in [0.5, 0.6) is 0 Å². The SMILES string of the molecule is CN(CC(=O)Nc1cccc([N+](=O)[O-])c1)S(=O)(=O)c1ccc(F)cc1. The summed E-state index contributed by atoms with van der Waals surface area (Å²) in [7, 11) is -2.77. The van der Waals surface area contributed by atoms with Gasteiger partial charge in [0.05, 0.1) is 16.4 Å². The fourth-order valence-electron chi connectivity index (χ4n) is 1.97. The lowest BCUT2D eigenvalue weighted by Crippen LogP contribution is -2.34. The third kappa shape index (κ3) is 4.58. The molecule has 1 N–H and O–H groups in total. The van der Waals surface area contributed by atoms with Crippen LogP contribution in [0.4, 0.5) is 15.8 Å². The lowest BCUT2D eigenvalue weighted by molar-refractivity contribution is -0.384. The fraction of sp³-hybridized carbons (Fsp3) is 0.133. The molecule has 0 heterocycles. The number of carbonyl (C=O) groups excluding carboxylic acids is 1. The Morgan fingerprint density at radius 2 is 1.88 bits per heavy atom. The molecule has 0 fully saturated rings. The van der Waals surface area contributed by atoms with Gasteiger partial charge in [-0.1, -0.05) is 6.07 Å². The van der Waals surface area contributed by atoms with Gasteiger partial charge in [-0.05, 0) is 30.3 Å². The molecule has 0 atom stereocenters. The topological polar surface area (TPSA) is 110 Å². The first-order valence-electron chi connectivity index (χ1n) is 6.96. The summed E-state index contributed by atoms with van der Waals surface area (Å²) in [5.41, 5.74) is -0.0307. The summed E-state index contributed by atoms with van der Waals surface area (Å²) in [6, 6.07) is 9.46. The molecule has 0 saturated heterocycles. The zero-order valence-corrected chi connectivity index (χ0v) is 13.9. The first-order chi connectivity index (χ1) is 11.7. The highest BCUT2D eigenvalue weighted by Crippen LogP contribution is 2.18. The predicted molar refractivity (Wildman–Crippen MR) is 87.9 cm³/mol. The lowest BCUT2D eigenvalue weighted by Gasteiger charge is -2.16. The minimum absolute atomic E-state index is 0.153. The molecule has 0 aliphatic heterocycles. The van der Waals surface area contributed by atoms with E-state index in [1.54, 1.807) is 0 Å². The number of nitrogens with one attached hydrogen (secondary N) is 1. The van der Waals surface area contributed by atoms with Gasteiger partial charge in [0.2, 0.25) is 15.9 Å². The summed E-state index contributed by atoms with van der Waals surface area (Å²) in [5.74, 6) is -1.25. The van der Waals surface area contributed by atoms with E-state index in [0.29, 0.717) is 0 Å². The maximum atomic E-state index is 12.9. The van der Waals surface area contributed by atoms with Crippen molar-refractivity contribution < 1.29 is 22.5 Å². The van der Waals surface area contributed by atoms with Crippen LogP contribution in [-0.2, 0) is 14.8 Å². The number of halogens is 1. The smallest absolute Gasteiger partial charge is 0.271 e. The molecule has 2 aromatic carbocycles. The molecule has 132 valence electrons. The van der Waals surface area contributed by atoms with E-state index in [0.717, 1.165) is 34.6 Å². The summed E-state index contributed by atoms with van der Waals surface area (Å²) < 4.78 is 38.3. The molecule has 0 aromatic heterocycles. The molecule has 0 unspecified atom stereocenters. The molecule has 2 rings (SSSR count). The molecular weight excluding hydrogens is 353 g/mol. The number of nitro groups is 1. The predicted octanol–water partition coefficient (Wildman–Crippen LogP) is 1.99. The number of amides is 1. The van der Waals surface area contributed by atoms with Crippen molar-refractivity contribution >= 4 is 27.3 Å². The molecule has 2 aromatic rings. The van der Waals surface area contributed by atoms with Crippen molar-refractivity contribution in [2.75, 3.05) is 18.9 Å². The Hall–Kier alpha value is -2.85. The van der Waals surface area contributed by atoms with Gasteiger partial charge in [-0.25, -0.2) is 12.8 Å². The number of carbonyl (C=O) groups is 1. The van der Waals surface area contributed by atoms with E-state index in [-0.39, 0.29) is 16.3 Å². The van der Waals surface area contributed by atoms with Gasteiger partial charge in [0.15, 0.2) is 0 Å². The molecule has 8 nitrogen and oxygen atoms in total. The number of non-ortho nitro benzene ring substituents is 1. The normalized spacial score (nSPS) is 11.3.